The number of nitrogens with one attached hydrogen (secondary N) is 1. The third-order valence-corrected chi connectivity index (χ3v) is 3.52. The molecule has 150 valence electrons. The molecule has 1 N–H and O–H groups in total. The van der Waals surface area contributed by atoms with Crippen LogP contribution in [0.25, 0.3) is 0 Å². The Kier molecular flexibility index (Phi) is 6.01. The van der Waals surface area contributed by atoms with E-state index in [0.29, 0.717) is 5.69 Å². The van der Waals surface area contributed by atoms with Gasteiger partial charge in [0.25, 0.3) is 5.91 Å². The zero-order valence-electron chi connectivity index (χ0n) is 14.2. The van der Waals surface area contributed by atoms with Crippen molar-refractivity contribution < 1.29 is 40.7 Å². The first-order chi connectivity index (χ1) is 12.9. The van der Waals surface area contributed by atoms with E-state index in [0.717, 1.165) is 6.92 Å². The Bertz CT molecular complexity index is 830. The number of esters is 1. The van der Waals surface area contributed by atoms with Crippen LogP contribution in [0.2, 0.25) is 0 Å². The molecule has 0 radical (unpaired) electrons. The monoisotopic (exact) mass is 405 g/mol. The highest BCUT2D eigenvalue weighted by atomic mass is 19.4. The highest BCUT2D eigenvalue weighted by molar-refractivity contribution is 5.97. The average molecular weight is 405 g/mol. The molecule has 0 heterocycles. The van der Waals surface area contributed by atoms with Crippen molar-refractivity contribution in [3.05, 3.63) is 65.2 Å². The number of rotatable bonds is 4. The predicted molar refractivity (Wildman–Crippen MR) is 86.4 cm³/mol. The topological polar surface area (TPSA) is 55.4 Å². The van der Waals surface area contributed by atoms with Crippen LogP contribution in [0.3, 0.4) is 0 Å². The molecule has 0 unspecified atom stereocenters. The van der Waals surface area contributed by atoms with E-state index < -0.39 is 47.0 Å². The van der Waals surface area contributed by atoms with Gasteiger partial charge < -0.3 is 10.1 Å². The second-order valence-electron chi connectivity index (χ2n) is 5.70. The molecule has 2 aromatic carbocycles. The molecular formula is C18H13F6NO3. The first-order valence-corrected chi connectivity index (χ1v) is 7.74. The first-order valence-electron chi connectivity index (χ1n) is 7.74. The fraction of sp³-hybridized carbons (Fsp3) is 0.222. The van der Waals surface area contributed by atoms with Gasteiger partial charge in [0.05, 0.1) is 16.7 Å². The molecule has 1 atom stereocenters. The van der Waals surface area contributed by atoms with Crippen molar-refractivity contribution in [3.8, 4) is 0 Å². The molecule has 0 aromatic heterocycles. The van der Waals surface area contributed by atoms with Gasteiger partial charge in [0.2, 0.25) is 0 Å². The lowest BCUT2D eigenvalue weighted by Crippen LogP contribution is -2.30. The van der Waals surface area contributed by atoms with Crippen LogP contribution >= 0.6 is 0 Å². The summed E-state index contributed by atoms with van der Waals surface area (Å²) in [6.45, 7) is 1.13. The number of para-hydroxylation sites is 1. The fourth-order valence-corrected chi connectivity index (χ4v) is 2.12. The van der Waals surface area contributed by atoms with E-state index in [1.807, 2.05) is 0 Å². The van der Waals surface area contributed by atoms with Gasteiger partial charge in [-0.05, 0) is 37.3 Å². The number of hydrogen-bond acceptors (Lipinski definition) is 3. The van der Waals surface area contributed by atoms with Gasteiger partial charge in [0, 0.05) is 5.69 Å². The number of hydrogen-bond donors (Lipinski definition) is 1. The molecule has 4 nitrogen and oxygen atoms in total. The van der Waals surface area contributed by atoms with Gasteiger partial charge >= 0.3 is 18.3 Å². The van der Waals surface area contributed by atoms with Gasteiger partial charge in [0.1, 0.15) is 0 Å². The number of ether oxygens (including phenoxy) is 1. The maximum Gasteiger partial charge on any atom is 0.416 e. The maximum atomic E-state index is 12.8. The molecule has 2 rings (SSSR count). The van der Waals surface area contributed by atoms with Crippen LogP contribution in [0.15, 0.2) is 48.5 Å². The molecule has 0 spiro atoms. The maximum absolute atomic E-state index is 12.8. The Morgan fingerprint density at radius 1 is 0.893 bits per heavy atom. The molecule has 2 aromatic rings. The second-order valence-corrected chi connectivity index (χ2v) is 5.70. The second kappa shape index (κ2) is 7.91. The molecule has 0 fully saturated rings. The van der Waals surface area contributed by atoms with Crippen LogP contribution < -0.4 is 5.32 Å². The molecule has 0 saturated carbocycles. The Balaban J connectivity index is 2.22. The molecule has 0 aliphatic carbocycles. The van der Waals surface area contributed by atoms with E-state index in [2.05, 4.69) is 5.32 Å². The van der Waals surface area contributed by atoms with Gasteiger partial charge in [-0.3, -0.25) is 4.79 Å². The van der Waals surface area contributed by atoms with Crippen molar-refractivity contribution in [1.82, 2.24) is 0 Å². The van der Waals surface area contributed by atoms with Gasteiger partial charge in [-0.1, -0.05) is 18.2 Å². The standard InChI is InChI=1S/C18H13F6NO3/c1-10(15(26)25-14-5-3-2-4-6-14)28-16(27)11-7-12(17(19,20)21)9-13(8-11)18(22,23)24/h2-10H,1H3,(H,25,26)/t10-/m1/s1. The summed E-state index contributed by atoms with van der Waals surface area (Å²) in [4.78, 5) is 24.0. The van der Waals surface area contributed by atoms with Gasteiger partial charge in [0.15, 0.2) is 6.10 Å². The summed E-state index contributed by atoms with van der Waals surface area (Å²) in [6, 6.07) is 8.36. The van der Waals surface area contributed by atoms with E-state index in [1.54, 1.807) is 18.2 Å². The highest BCUT2D eigenvalue weighted by Crippen LogP contribution is 2.36. The van der Waals surface area contributed by atoms with Crippen molar-refractivity contribution in [2.75, 3.05) is 5.32 Å². The number of carbonyl (C=O) groups excluding carboxylic acids is 2. The lowest BCUT2D eigenvalue weighted by Gasteiger charge is -2.16. The number of amides is 1. The predicted octanol–water partition coefficient (Wildman–Crippen LogP) is 4.91. The summed E-state index contributed by atoms with van der Waals surface area (Å²) in [7, 11) is 0. The number of anilines is 1. The zero-order valence-corrected chi connectivity index (χ0v) is 14.2. The number of halogens is 6. The van der Waals surface area contributed by atoms with Crippen molar-refractivity contribution in [3.63, 3.8) is 0 Å². The number of carbonyl (C=O) groups is 2. The lowest BCUT2D eigenvalue weighted by atomic mass is 10.0. The van der Waals surface area contributed by atoms with E-state index in [-0.39, 0.29) is 18.2 Å². The van der Waals surface area contributed by atoms with Crippen LogP contribution in [-0.2, 0) is 21.9 Å². The van der Waals surface area contributed by atoms with Gasteiger partial charge in [-0.15, -0.1) is 0 Å². The SMILES string of the molecule is C[C@@H](OC(=O)c1cc(C(F)(F)F)cc(C(F)(F)F)c1)C(=O)Nc1ccccc1. The molecule has 10 heteroatoms. The Morgan fingerprint density at radius 3 is 1.86 bits per heavy atom. The van der Waals surface area contributed by atoms with Crippen molar-refractivity contribution in [2.24, 2.45) is 0 Å². The third-order valence-electron chi connectivity index (χ3n) is 3.52. The van der Waals surface area contributed by atoms with Crippen LogP contribution in [0.5, 0.6) is 0 Å². The molecular weight excluding hydrogens is 392 g/mol. The Hall–Kier alpha value is -3.04. The van der Waals surface area contributed by atoms with E-state index >= 15 is 0 Å². The molecule has 0 saturated heterocycles. The van der Waals surface area contributed by atoms with Gasteiger partial charge in [-0.2, -0.15) is 26.3 Å². The van der Waals surface area contributed by atoms with Crippen LogP contribution in [-0.4, -0.2) is 18.0 Å². The smallest absolute Gasteiger partial charge is 0.416 e. The van der Waals surface area contributed by atoms with Crippen molar-refractivity contribution >= 4 is 17.6 Å². The minimum Gasteiger partial charge on any atom is -0.449 e. The quantitative estimate of drug-likeness (QED) is 0.581. The third kappa shape index (κ3) is 5.48. The molecule has 0 aliphatic rings. The molecule has 0 bridgehead atoms. The summed E-state index contributed by atoms with van der Waals surface area (Å²) in [5.41, 5.74) is -3.92. The summed E-state index contributed by atoms with van der Waals surface area (Å²) in [6.07, 6.45) is -11.7. The summed E-state index contributed by atoms with van der Waals surface area (Å²) < 4.78 is 81.8. The number of alkyl halides is 6. The highest BCUT2D eigenvalue weighted by Gasteiger charge is 2.38. The van der Waals surface area contributed by atoms with Crippen molar-refractivity contribution in [1.29, 1.82) is 0 Å². The lowest BCUT2D eigenvalue weighted by molar-refractivity contribution is -0.143. The largest absolute Gasteiger partial charge is 0.449 e. The average Bonchev–Trinajstić information content (AvgIpc) is 2.60. The van der Waals surface area contributed by atoms with Crippen LogP contribution in [0.1, 0.15) is 28.4 Å². The van der Waals surface area contributed by atoms with E-state index in [1.165, 1.54) is 12.1 Å². The van der Waals surface area contributed by atoms with Crippen LogP contribution in [0.4, 0.5) is 32.0 Å². The van der Waals surface area contributed by atoms with E-state index in [9.17, 15) is 35.9 Å². The van der Waals surface area contributed by atoms with Crippen molar-refractivity contribution in [2.45, 2.75) is 25.4 Å². The molecule has 0 aliphatic heterocycles. The molecule has 1 amide bonds. The normalized spacial score (nSPS) is 13.0. The number of benzene rings is 2. The fourth-order valence-electron chi connectivity index (χ4n) is 2.12. The van der Waals surface area contributed by atoms with E-state index in [4.69, 9.17) is 4.74 Å². The van der Waals surface area contributed by atoms with Crippen LogP contribution in [0, 0.1) is 0 Å². The minimum absolute atomic E-state index is 0.109. The Labute approximate surface area is 155 Å². The zero-order chi connectivity index (χ0) is 21.1. The summed E-state index contributed by atoms with van der Waals surface area (Å²) in [5, 5.41) is 2.39. The molecule has 28 heavy (non-hydrogen) atoms. The first kappa shape index (κ1) is 21.3. The summed E-state index contributed by atoms with van der Waals surface area (Å²) in [5.74, 6) is -2.30. The van der Waals surface area contributed by atoms with Gasteiger partial charge in [-0.25, -0.2) is 4.79 Å². The Morgan fingerprint density at radius 2 is 1.39 bits per heavy atom. The minimum atomic E-state index is -5.10. The summed E-state index contributed by atoms with van der Waals surface area (Å²) >= 11 is 0.